The molecule has 1 heterocycles. The number of hydrogen-bond acceptors (Lipinski definition) is 7. The van der Waals surface area contributed by atoms with Gasteiger partial charge in [0, 0.05) is 18.6 Å². The number of likely N-dealkylation sites (tertiary alicyclic amines) is 1. The van der Waals surface area contributed by atoms with Crippen LogP contribution in [0.5, 0.6) is 0 Å². The highest BCUT2D eigenvalue weighted by atomic mass is 16.3. The Morgan fingerprint density at radius 2 is 1.79 bits per heavy atom. The third-order valence-electron chi connectivity index (χ3n) is 7.42. The van der Waals surface area contributed by atoms with Gasteiger partial charge in [-0.2, -0.15) is 0 Å². The van der Waals surface area contributed by atoms with E-state index < -0.39 is 36.2 Å². The van der Waals surface area contributed by atoms with Crippen molar-refractivity contribution in [3.05, 3.63) is 0 Å². The van der Waals surface area contributed by atoms with Crippen LogP contribution in [0.15, 0.2) is 0 Å². The van der Waals surface area contributed by atoms with E-state index in [1.54, 1.807) is 6.92 Å². The monoisotopic (exact) mass is 468 g/mol. The van der Waals surface area contributed by atoms with Gasteiger partial charge in [-0.15, -0.1) is 0 Å². The van der Waals surface area contributed by atoms with Crippen molar-refractivity contribution >= 4 is 17.7 Å². The Morgan fingerprint density at radius 1 is 1.12 bits per heavy atom. The summed E-state index contributed by atoms with van der Waals surface area (Å²) < 4.78 is 0. The van der Waals surface area contributed by atoms with Crippen LogP contribution >= 0.6 is 0 Å². The van der Waals surface area contributed by atoms with E-state index in [2.05, 4.69) is 5.32 Å². The second kappa shape index (κ2) is 13.2. The van der Waals surface area contributed by atoms with Crippen molar-refractivity contribution in [2.24, 2.45) is 34.8 Å². The van der Waals surface area contributed by atoms with Gasteiger partial charge < -0.3 is 38.3 Å². The van der Waals surface area contributed by atoms with Crippen LogP contribution in [0.4, 0.5) is 4.79 Å². The first-order valence-corrected chi connectivity index (χ1v) is 12.5. The molecule has 0 aromatic rings. The molecule has 1 saturated carbocycles. The van der Waals surface area contributed by atoms with Crippen LogP contribution in [-0.4, -0.2) is 71.1 Å². The van der Waals surface area contributed by atoms with Crippen LogP contribution in [0.25, 0.3) is 0 Å². The normalized spacial score (nSPS) is 25.7. The minimum Gasteiger partial charge on any atom is -0.393 e. The lowest BCUT2D eigenvalue weighted by atomic mass is 9.79. The smallest absolute Gasteiger partial charge is 0.315 e. The standard InChI is InChI=1S/C23H44N6O4/c1-2-16(30)11-20(31)28-18(12-17(25)21(26)15-6-4-3-5-7-15)22(32)19-10-14(13-24)8-9-29(19)23(27)33/h14-19,21,30H,2-13,24-26H2,1H3,(H2,27,33)(H,28,31)/t14?,16-,17-,18-,19?,21?/m0/s1. The third-order valence-corrected chi connectivity index (χ3v) is 7.42. The van der Waals surface area contributed by atoms with Crippen LogP contribution in [0.1, 0.15) is 71.1 Å². The zero-order valence-corrected chi connectivity index (χ0v) is 20.0. The summed E-state index contributed by atoms with van der Waals surface area (Å²) >= 11 is 0. The number of aliphatic hydroxyl groups excluding tert-OH is 1. The molecule has 33 heavy (non-hydrogen) atoms. The highest BCUT2D eigenvalue weighted by Gasteiger charge is 2.40. The average Bonchev–Trinajstić information content (AvgIpc) is 2.82. The summed E-state index contributed by atoms with van der Waals surface area (Å²) in [6.45, 7) is 2.53. The first-order chi connectivity index (χ1) is 15.7. The molecule has 2 aliphatic rings. The maximum absolute atomic E-state index is 13.6. The molecule has 1 aliphatic carbocycles. The Hall–Kier alpha value is -1.75. The molecule has 2 rings (SSSR count). The molecule has 10 heteroatoms. The number of ketones is 1. The van der Waals surface area contributed by atoms with Gasteiger partial charge in [-0.3, -0.25) is 9.59 Å². The fourth-order valence-electron chi connectivity index (χ4n) is 5.17. The lowest BCUT2D eigenvalue weighted by molar-refractivity contribution is -0.132. The lowest BCUT2D eigenvalue weighted by Crippen LogP contribution is -2.59. The SMILES string of the molecule is CC[C@H](O)CC(=O)N[C@@H](C[C@H](N)C(N)C1CCCCC1)C(=O)C1CC(CN)CCN1C(N)=O. The van der Waals surface area contributed by atoms with Crippen LogP contribution < -0.4 is 28.3 Å². The van der Waals surface area contributed by atoms with Crippen molar-refractivity contribution in [3.63, 3.8) is 0 Å². The predicted molar refractivity (Wildman–Crippen MR) is 127 cm³/mol. The predicted octanol–water partition coefficient (Wildman–Crippen LogP) is -0.0557. The van der Waals surface area contributed by atoms with Gasteiger partial charge in [0.05, 0.1) is 24.6 Å². The number of primary amides is 1. The van der Waals surface area contributed by atoms with E-state index >= 15 is 0 Å². The van der Waals surface area contributed by atoms with Crippen LogP contribution in [0.3, 0.4) is 0 Å². The minimum absolute atomic E-state index is 0.0889. The molecule has 0 radical (unpaired) electrons. The molecule has 0 aromatic heterocycles. The van der Waals surface area contributed by atoms with E-state index in [0.29, 0.717) is 38.3 Å². The Balaban J connectivity index is 2.19. The number of hydrogen-bond donors (Lipinski definition) is 6. The molecule has 3 amide bonds. The van der Waals surface area contributed by atoms with Crippen LogP contribution in [-0.2, 0) is 9.59 Å². The molecule has 2 fully saturated rings. The average molecular weight is 469 g/mol. The summed E-state index contributed by atoms with van der Waals surface area (Å²) in [6.07, 6.45) is 6.22. The number of nitrogens with two attached hydrogens (primary N) is 4. The molecule has 0 bridgehead atoms. The van der Waals surface area contributed by atoms with Gasteiger partial charge in [-0.1, -0.05) is 26.2 Å². The van der Waals surface area contributed by atoms with Gasteiger partial charge in [0.1, 0.15) is 0 Å². The Bertz CT molecular complexity index is 657. The number of nitrogens with zero attached hydrogens (tertiary/aromatic N) is 1. The van der Waals surface area contributed by atoms with E-state index in [1.165, 1.54) is 11.3 Å². The lowest BCUT2D eigenvalue weighted by Gasteiger charge is -2.39. The van der Waals surface area contributed by atoms with Crippen molar-refractivity contribution in [2.75, 3.05) is 13.1 Å². The Kier molecular flexibility index (Phi) is 11.0. The fraction of sp³-hybridized carbons (Fsp3) is 0.870. The molecule has 6 atom stereocenters. The number of urea groups is 1. The van der Waals surface area contributed by atoms with Gasteiger partial charge in [-0.25, -0.2) is 4.79 Å². The Labute approximate surface area is 197 Å². The molecule has 1 saturated heterocycles. The summed E-state index contributed by atoms with van der Waals surface area (Å²) in [5.74, 6) is -0.359. The third kappa shape index (κ3) is 7.91. The van der Waals surface area contributed by atoms with Crippen molar-refractivity contribution in [1.82, 2.24) is 10.2 Å². The first kappa shape index (κ1) is 27.5. The quantitative estimate of drug-likeness (QED) is 0.245. The van der Waals surface area contributed by atoms with E-state index in [4.69, 9.17) is 22.9 Å². The van der Waals surface area contributed by atoms with Crippen LogP contribution in [0.2, 0.25) is 0 Å². The van der Waals surface area contributed by atoms with E-state index in [1.807, 2.05) is 0 Å². The molecular weight excluding hydrogens is 424 g/mol. The Morgan fingerprint density at radius 3 is 2.36 bits per heavy atom. The number of carbonyl (C=O) groups excluding carboxylic acids is 3. The molecule has 10 N–H and O–H groups in total. The summed E-state index contributed by atoms with van der Waals surface area (Å²) in [4.78, 5) is 39.6. The van der Waals surface area contributed by atoms with E-state index in [0.717, 1.165) is 25.7 Å². The number of carbonyl (C=O) groups is 3. The van der Waals surface area contributed by atoms with Gasteiger partial charge >= 0.3 is 6.03 Å². The largest absolute Gasteiger partial charge is 0.393 e. The van der Waals surface area contributed by atoms with Gasteiger partial charge in [0.15, 0.2) is 5.78 Å². The number of Topliss-reactive ketones (excluding diaryl/α,β-unsaturated/α-hetero) is 1. The van der Waals surface area contributed by atoms with Crippen LogP contribution in [0, 0.1) is 11.8 Å². The number of piperidine rings is 1. The fourth-order valence-corrected chi connectivity index (χ4v) is 5.17. The second-order valence-corrected chi connectivity index (χ2v) is 9.84. The maximum Gasteiger partial charge on any atom is 0.315 e. The highest BCUT2D eigenvalue weighted by Crippen LogP contribution is 2.28. The zero-order chi connectivity index (χ0) is 24.5. The molecule has 3 unspecified atom stereocenters. The van der Waals surface area contributed by atoms with E-state index in [-0.39, 0.29) is 30.6 Å². The number of rotatable bonds is 11. The summed E-state index contributed by atoms with van der Waals surface area (Å²) in [7, 11) is 0. The van der Waals surface area contributed by atoms with Crippen molar-refractivity contribution < 1.29 is 19.5 Å². The van der Waals surface area contributed by atoms with E-state index in [9.17, 15) is 19.5 Å². The molecule has 1 aliphatic heterocycles. The summed E-state index contributed by atoms with van der Waals surface area (Å²) in [5.41, 5.74) is 24.3. The van der Waals surface area contributed by atoms with Gasteiger partial charge in [0.2, 0.25) is 5.91 Å². The number of nitrogens with one attached hydrogen (secondary N) is 1. The second-order valence-electron chi connectivity index (χ2n) is 9.84. The summed E-state index contributed by atoms with van der Waals surface area (Å²) in [6, 6.07) is -3.14. The van der Waals surface area contributed by atoms with Crippen molar-refractivity contribution in [2.45, 2.75) is 101 Å². The van der Waals surface area contributed by atoms with Gasteiger partial charge in [-0.05, 0) is 56.9 Å². The van der Waals surface area contributed by atoms with Gasteiger partial charge in [0.25, 0.3) is 0 Å². The zero-order valence-electron chi connectivity index (χ0n) is 20.0. The molecule has 10 nitrogen and oxygen atoms in total. The van der Waals surface area contributed by atoms with Crippen molar-refractivity contribution in [1.29, 1.82) is 0 Å². The van der Waals surface area contributed by atoms with Crippen molar-refractivity contribution in [3.8, 4) is 0 Å². The maximum atomic E-state index is 13.6. The number of amides is 3. The molecule has 0 aromatic carbocycles. The topological polar surface area (TPSA) is 191 Å². The molecule has 190 valence electrons. The molecular formula is C23H44N6O4. The minimum atomic E-state index is -0.922. The molecule has 0 spiro atoms. The summed E-state index contributed by atoms with van der Waals surface area (Å²) in [5, 5.41) is 12.6. The highest BCUT2D eigenvalue weighted by molar-refractivity contribution is 5.95. The first-order valence-electron chi connectivity index (χ1n) is 12.5. The number of aliphatic hydroxyl groups is 1.